The largest absolute Gasteiger partial charge is 0.496 e. The van der Waals surface area contributed by atoms with Crippen molar-refractivity contribution in [2.24, 2.45) is 5.73 Å². The van der Waals surface area contributed by atoms with Crippen LogP contribution in [0.1, 0.15) is 48.4 Å². The minimum absolute atomic E-state index is 0.406. The number of carboxylic acids is 2. The first-order valence-corrected chi connectivity index (χ1v) is 10.5. The molecule has 1 atom stereocenters. The van der Waals surface area contributed by atoms with Gasteiger partial charge >= 0.3 is 11.9 Å². The van der Waals surface area contributed by atoms with E-state index < -0.39 is 30.2 Å². The molecule has 11 nitrogen and oxygen atoms in total. The second-order valence-corrected chi connectivity index (χ2v) is 7.46. The summed E-state index contributed by atoms with van der Waals surface area (Å²) in [6.07, 6.45) is 0.923. The van der Waals surface area contributed by atoms with Gasteiger partial charge in [-0.2, -0.15) is 5.26 Å². The third-order valence-electron chi connectivity index (χ3n) is 5.09. The summed E-state index contributed by atoms with van der Waals surface area (Å²) in [6, 6.07) is 7.22. The zero-order valence-electron chi connectivity index (χ0n) is 19.7. The smallest absolute Gasteiger partial charge is 0.314 e. The number of nitriles is 1. The number of carboxylic acid groups (broad SMARTS) is 2. The number of benzene rings is 1. The van der Waals surface area contributed by atoms with Gasteiger partial charge in [-0.25, -0.2) is 4.98 Å². The van der Waals surface area contributed by atoms with Crippen LogP contribution >= 0.6 is 0 Å². The van der Waals surface area contributed by atoms with E-state index in [-0.39, 0.29) is 0 Å². The first kappa shape index (κ1) is 26.7. The number of primary amides is 1. The number of fused-ring (bicyclic) bond motifs is 1. The van der Waals surface area contributed by atoms with Crippen molar-refractivity contribution in [2.75, 3.05) is 19.0 Å². The highest BCUT2D eigenvalue weighted by atomic mass is 16.5. The van der Waals surface area contributed by atoms with Crippen molar-refractivity contribution in [3.8, 4) is 17.7 Å². The summed E-state index contributed by atoms with van der Waals surface area (Å²) >= 11 is 0. The summed E-state index contributed by atoms with van der Waals surface area (Å²) in [4.78, 5) is 35.7. The number of methoxy groups -OCH3 is 1. The van der Waals surface area contributed by atoms with E-state index in [0.29, 0.717) is 40.6 Å². The van der Waals surface area contributed by atoms with E-state index in [9.17, 15) is 19.6 Å². The number of pyridine rings is 1. The number of allylic oxidation sites excluding steroid dienone is 1. The van der Waals surface area contributed by atoms with Gasteiger partial charge in [0.25, 0.3) is 0 Å². The highest BCUT2D eigenvalue weighted by molar-refractivity contribution is 5.98. The number of nitrogens with two attached hydrogens (primary N) is 1. The molecule has 1 aliphatic rings. The number of ether oxygens (including phenoxy) is 2. The monoisotopic (exact) mass is 482 g/mol. The van der Waals surface area contributed by atoms with Crippen molar-refractivity contribution in [2.45, 2.75) is 33.1 Å². The highest BCUT2D eigenvalue weighted by Crippen LogP contribution is 2.48. The molecule has 0 saturated heterocycles. The average molecular weight is 482 g/mol. The second kappa shape index (κ2) is 11.5. The van der Waals surface area contributed by atoms with Crippen LogP contribution in [0.5, 0.6) is 11.6 Å². The maximum Gasteiger partial charge on any atom is 0.314 e. The molecular weight excluding hydrogens is 456 g/mol. The van der Waals surface area contributed by atoms with Crippen molar-refractivity contribution < 1.29 is 34.1 Å². The molecule has 0 spiro atoms. The fraction of sp³-hybridized carbons (Fsp3) is 0.292. The van der Waals surface area contributed by atoms with Gasteiger partial charge in [0.2, 0.25) is 11.8 Å². The Hall–Kier alpha value is -4.59. The Morgan fingerprint density at radius 3 is 2.37 bits per heavy atom. The molecule has 1 aromatic heterocycles. The standard InChI is InChI=1S/C21H22N4O3.C3H4O4/c1-5-28-21-18-17(14-7-6-13(9-22)8-15(14)27-4)16(20(23)26)12(3)25-19(18)11(2)10-24-21;4-2(5)1-3(6)7/h6-8,10,17,25H,5H2,1-4H3,(H2,23,26);1H2,(H,4,5)(H,6,7)/t17-;/m1./s1. The molecule has 1 aliphatic heterocycles. The van der Waals surface area contributed by atoms with Gasteiger partial charge in [0.1, 0.15) is 12.2 Å². The maximum atomic E-state index is 12.4. The minimum Gasteiger partial charge on any atom is -0.496 e. The van der Waals surface area contributed by atoms with Gasteiger partial charge in [-0.05, 0) is 38.5 Å². The van der Waals surface area contributed by atoms with E-state index in [1.807, 2.05) is 20.8 Å². The Morgan fingerprint density at radius 2 is 1.89 bits per heavy atom. The molecule has 1 aromatic carbocycles. The number of nitrogens with zero attached hydrogens (tertiary/aromatic N) is 2. The molecule has 184 valence electrons. The van der Waals surface area contributed by atoms with Crippen LogP contribution in [0.25, 0.3) is 0 Å². The van der Waals surface area contributed by atoms with E-state index in [0.717, 1.165) is 16.8 Å². The molecule has 5 N–H and O–H groups in total. The number of hydrogen-bond donors (Lipinski definition) is 4. The van der Waals surface area contributed by atoms with Crippen LogP contribution in [0.15, 0.2) is 35.7 Å². The fourth-order valence-electron chi connectivity index (χ4n) is 3.70. The van der Waals surface area contributed by atoms with Gasteiger partial charge in [-0.1, -0.05) is 6.07 Å². The Bertz CT molecular complexity index is 1220. The molecule has 0 bridgehead atoms. The van der Waals surface area contributed by atoms with Gasteiger partial charge in [0.05, 0.1) is 42.5 Å². The molecule has 1 amide bonds. The lowest BCUT2D eigenvalue weighted by atomic mass is 9.79. The van der Waals surface area contributed by atoms with Crippen molar-refractivity contribution in [3.05, 3.63) is 57.9 Å². The number of carbonyl (C=O) groups excluding carboxylic acids is 1. The fourth-order valence-corrected chi connectivity index (χ4v) is 3.70. The molecule has 35 heavy (non-hydrogen) atoms. The maximum absolute atomic E-state index is 12.4. The van der Waals surface area contributed by atoms with Gasteiger partial charge in [0.15, 0.2) is 0 Å². The summed E-state index contributed by atoms with van der Waals surface area (Å²) in [6.45, 7) is 6.04. The van der Waals surface area contributed by atoms with E-state index in [1.165, 1.54) is 7.11 Å². The summed E-state index contributed by atoms with van der Waals surface area (Å²) in [7, 11) is 1.53. The van der Waals surface area contributed by atoms with Crippen LogP contribution in [0.3, 0.4) is 0 Å². The van der Waals surface area contributed by atoms with E-state index >= 15 is 0 Å². The normalized spacial score (nSPS) is 13.9. The summed E-state index contributed by atoms with van der Waals surface area (Å²) in [5, 5.41) is 27.9. The minimum atomic E-state index is -1.31. The summed E-state index contributed by atoms with van der Waals surface area (Å²) in [5.74, 6) is -2.79. The van der Waals surface area contributed by atoms with Crippen LogP contribution in [0.4, 0.5) is 5.69 Å². The Balaban J connectivity index is 0.000000540. The molecule has 2 heterocycles. The molecule has 0 radical (unpaired) electrons. The molecule has 3 rings (SSSR count). The topological polar surface area (TPSA) is 185 Å². The number of nitrogens with one attached hydrogen (secondary N) is 1. The number of hydrogen-bond acceptors (Lipinski definition) is 8. The van der Waals surface area contributed by atoms with Gasteiger partial charge in [-0.3, -0.25) is 14.4 Å². The van der Waals surface area contributed by atoms with Gasteiger partial charge in [0, 0.05) is 23.0 Å². The zero-order valence-corrected chi connectivity index (χ0v) is 19.7. The SMILES string of the molecule is CCOc1ncc(C)c2c1[C@H](c1ccc(C#N)cc1OC)C(C(N)=O)=C(C)N2.O=C(O)CC(=O)O. The lowest BCUT2D eigenvalue weighted by Gasteiger charge is -2.32. The number of aliphatic carboxylic acids is 2. The third kappa shape index (κ3) is 6.05. The molecule has 0 fully saturated rings. The predicted octanol–water partition coefficient (Wildman–Crippen LogP) is 2.53. The van der Waals surface area contributed by atoms with Crippen LogP contribution in [-0.4, -0.2) is 46.8 Å². The first-order valence-electron chi connectivity index (χ1n) is 10.5. The molecule has 11 heteroatoms. The van der Waals surface area contributed by atoms with Gasteiger partial charge in [-0.15, -0.1) is 0 Å². The van der Waals surface area contributed by atoms with Crippen molar-refractivity contribution in [3.63, 3.8) is 0 Å². The number of anilines is 1. The molecule has 0 aliphatic carbocycles. The number of carbonyl (C=O) groups is 3. The number of rotatable bonds is 7. The highest BCUT2D eigenvalue weighted by Gasteiger charge is 2.36. The molecule has 0 saturated carbocycles. The zero-order chi connectivity index (χ0) is 26.3. The predicted molar refractivity (Wildman–Crippen MR) is 125 cm³/mol. The Morgan fingerprint density at radius 1 is 1.23 bits per heavy atom. The lowest BCUT2D eigenvalue weighted by molar-refractivity contribution is -0.147. The van der Waals surface area contributed by atoms with E-state index in [1.54, 1.807) is 24.4 Å². The van der Waals surface area contributed by atoms with Crippen LogP contribution in [-0.2, 0) is 14.4 Å². The summed E-state index contributed by atoms with van der Waals surface area (Å²) < 4.78 is 11.3. The lowest BCUT2D eigenvalue weighted by Crippen LogP contribution is -2.28. The van der Waals surface area contributed by atoms with E-state index in [4.69, 9.17) is 25.4 Å². The second-order valence-electron chi connectivity index (χ2n) is 7.46. The van der Waals surface area contributed by atoms with Crippen molar-refractivity contribution >= 4 is 23.5 Å². The van der Waals surface area contributed by atoms with Crippen molar-refractivity contribution in [1.29, 1.82) is 5.26 Å². The van der Waals surface area contributed by atoms with Crippen molar-refractivity contribution in [1.82, 2.24) is 4.98 Å². The van der Waals surface area contributed by atoms with Crippen LogP contribution in [0, 0.1) is 18.3 Å². The van der Waals surface area contributed by atoms with Crippen LogP contribution in [0.2, 0.25) is 0 Å². The third-order valence-corrected chi connectivity index (χ3v) is 5.09. The first-order chi connectivity index (χ1) is 16.5. The Labute approximate surface area is 201 Å². The number of aromatic nitrogens is 1. The molecule has 0 unspecified atom stereocenters. The van der Waals surface area contributed by atoms with Gasteiger partial charge < -0.3 is 30.7 Å². The average Bonchev–Trinajstić information content (AvgIpc) is 2.79. The number of amides is 1. The molecule has 2 aromatic rings. The van der Waals surface area contributed by atoms with E-state index in [2.05, 4.69) is 16.4 Å². The summed E-state index contributed by atoms with van der Waals surface area (Å²) in [5.41, 5.74) is 10.5. The molecular formula is C24H26N4O7. The Kier molecular flexibility index (Phi) is 8.77. The quantitative estimate of drug-likeness (QED) is 0.427. The van der Waals surface area contributed by atoms with Crippen LogP contribution < -0.4 is 20.5 Å². The number of aryl methyl sites for hydroxylation is 1.